The molecule has 2 aliphatic heterocycles. The van der Waals surface area contributed by atoms with Gasteiger partial charge in [-0.15, -0.1) is 0 Å². The van der Waals surface area contributed by atoms with Gasteiger partial charge in [-0.2, -0.15) is 0 Å². The van der Waals surface area contributed by atoms with Crippen LogP contribution in [0.5, 0.6) is 0 Å². The Bertz CT molecular complexity index is 778. The molecule has 0 amide bonds. The zero-order valence-electron chi connectivity index (χ0n) is 14.0. The standard InChI is InChI=1S/C17H24ClN3O2S/c1-11-8-17(9-15(21-11)14(19)10-20-2)5-6-24(22,23)16-7-12(18)3-4-13(16)17/h3-4,7,10-11,15,20-21H,5-6,8-9,19H2,1-2H3/b14-10-/t11-,15-,17?/m0/s1. The topological polar surface area (TPSA) is 84.2 Å². The smallest absolute Gasteiger partial charge is 0.178 e. The number of hydrogen-bond acceptors (Lipinski definition) is 5. The minimum atomic E-state index is -3.27. The minimum absolute atomic E-state index is 0.0190. The van der Waals surface area contributed by atoms with E-state index in [9.17, 15) is 8.42 Å². The second kappa shape index (κ2) is 6.24. The van der Waals surface area contributed by atoms with E-state index < -0.39 is 9.84 Å². The first-order valence-electron chi connectivity index (χ1n) is 8.19. The van der Waals surface area contributed by atoms with Gasteiger partial charge in [0.15, 0.2) is 9.84 Å². The third-order valence-electron chi connectivity index (χ3n) is 5.19. The Balaban J connectivity index is 2.09. The largest absolute Gasteiger partial charge is 0.400 e. The van der Waals surface area contributed by atoms with Crippen molar-refractivity contribution in [1.29, 1.82) is 0 Å². The molecule has 0 saturated carbocycles. The molecule has 5 nitrogen and oxygen atoms in total. The van der Waals surface area contributed by atoms with Crippen molar-refractivity contribution in [2.45, 2.75) is 48.6 Å². The Morgan fingerprint density at radius 3 is 2.92 bits per heavy atom. The molecule has 1 unspecified atom stereocenters. The summed E-state index contributed by atoms with van der Waals surface area (Å²) in [4.78, 5) is 0.394. The molecule has 7 heteroatoms. The van der Waals surface area contributed by atoms with Crippen LogP contribution in [-0.2, 0) is 15.3 Å². The van der Waals surface area contributed by atoms with Gasteiger partial charge >= 0.3 is 0 Å². The Labute approximate surface area is 148 Å². The highest BCUT2D eigenvalue weighted by atomic mass is 35.5. The van der Waals surface area contributed by atoms with Crippen molar-refractivity contribution in [3.63, 3.8) is 0 Å². The number of rotatable bonds is 2. The molecule has 1 saturated heterocycles. The predicted molar refractivity (Wildman–Crippen MR) is 96.7 cm³/mol. The summed E-state index contributed by atoms with van der Waals surface area (Å²) in [6.07, 6.45) is 4.09. The van der Waals surface area contributed by atoms with Gasteiger partial charge < -0.3 is 16.4 Å². The molecule has 4 N–H and O–H groups in total. The summed E-state index contributed by atoms with van der Waals surface area (Å²) < 4.78 is 25.1. The van der Waals surface area contributed by atoms with Crippen LogP contribution in [0.1, 0.15) is 31.7 Å². The predicted octanol–water partition coefficient (Wildman–Crippen LogP) is 1.92. The number of piperidine rings is 1. The van der Waals surface area contributed by atoms with Crippen LogP contribution in [0.2, 0.25) is 5.02 Å². The van der Waals surface area contributed by atoms with Crippen molar-refractivity contribution in [3.8, 4) is 0 Å². The molecular weight excluding hydrogens is 346 g/mol. The molecule has 0 radical (unpaired) electrons. The molecule has 24 heavy (non-hydrogen) atoms. The second-order valence-electron chi connectivity index (χ2n) is 6.95. The Morgan fingerprint density at radius 1 is 1.46 bits per heavy atom. The van der Waals surface area contributed by atoms with Crippen LogP contribution in [0.4, 0.5) is 0 Å². The van der Waals surface area contributed by atoms with E-state index in [1.54, 1.807) is 18.3 Å². The zero-order valence-corrected chi connectivity index (χ0v) is 15.5. The van der Waals surface area contributed by atoms with Gasteiger partial charge in [-0.3, -0.25) is 0 Å². The van der Waals surface area contributed by atoms with Crippen molar-refractivity contribution in [1.82, 2.24) is 10.6 Å². The van der Waals surface area contributed by atoms with Gasteiger partial charge in [0.05, 0.1) is 10.6 Å². The van der Waals surface area contributed by atoms with E-state index >= 15 is 0 Å². The van der Waals surface area contributed by atoms with Crippen molar-refractivity contribution >= 4 is 21.4 Å². The first-order valence-corrected chi connectivity index (χ1v) is 10.2. The molecule has 0 bridgehead atoms. The Morgan fingerprint density at radius 2 is 2.21 bits per heavy atom. The van der Waals surface area contributed by atoms with Crippen LogP contribution in [-0.4, -0.2) is 33.3 Å². The fourth-order valence-electron chi connectivity index (χ4n) is 4.19. The normalized spacial score (nSPS) is 32.4. The lowest BCUT2D eigenvalue weighted by Gasteiger charge is -2.47. The van der Waals surface area contributed by atoms with Crippen LogP contribution in [0.15, 0.2) is 35.0 Å². The van der Waals surface area contributed by atoms with E-state index in [1.165, 1.54) is 0 Å². The van der Waals surface area contributed by atoms with E-state index in [4.69, 9.17) is 17.3 Å². The van der Waals surface area contributed by atoms with Crippen LogP contribution in [0, 0.1) is 0 Å². The number of halogens is 1. The van der Waals surface area contributed by atoms with Gasteiger partial charge in [0.2, 0.25) is 0 Å². The highest BCUT2D eigenvalue weighted by molar-refractivity contribution is 7.91. The maximum absolute atomic E-state index is 12.5. The number of nitrogens with one attached hydrogen (secondary N) is 2. The van der Waals surface area contributed by atoms with Gasteiger partial charge in [0.25, 0.3) is 0 Å². The number of fused-ring (bicyclic) bond motifs is 2. The fraction of sp³-hybridized carbons (Fsp3) is 0.529. The summed E-state index contributed by atoms with van der Waals surface area (Å²) in [5.74, 6) is 0.162. The van der Waals surface area contributed by atoms with Crippen LogP contribution < -0.4 is 16.4 Å². The molecule has 1 aromatic rings. The lowest BCUT2D eigenvalue weighted by atomic mass is 9.66. The summed E-state index contributed by atoms with van der Waals surface area (Å²) in [6, 6.07) is 5.54. The summed E-state index contributed by atoms with van der Waals surface area (Å²) in [5.41, 5.74) is 7.66. The number of sulfone groups is 1. The molecule has 1 aromatic carbocycles. The van der Waals surface area contributed by atoms with Crippen molar-refractivity contribution in [3.05, 3.63) is 40.7 Å². The van der Waals surface area contributed by atoms with Crippen LogP contribution >= 0.6 is 11.6 Å². The lowest BCUT2D eigenvalue weighted by molar-refractivity contribution is 0.212. The Hall–Kier alpha value is -1.24. The highest BCUT2D eigenvalue weighted by Crippen LogP contribution is 2.47. The first-order chi connectivity index (χ1) is 11.3. The highest BCUT2D eigenvalue weighted by Gasteiger charge is 2.47. The summed E-state index contributed by atoms with van der Waals surface area (Å²) in [5, 5.41) is 6.96. The van der Waals surface area contributed by atoms with E-state index in [1.807, 2.05) is 13.1 Å². The summed E-state index contributed by atoms with van der Waals surface area (Å²) in [6.45, 7) is 2.12. The fourth-order valence-corrected chi connectivity index (χ4v) is 6.24. The molecule has 0 aromatic heterocycles. The quantitative estimate of drug-likeness (QED) is 0.741. The van der Waals surface area contributed by atoms with Crippen molar-refractivity contribution < 1.29 is 8.42 Å². The molecule has 0 aliphatic carbocycles. The van der Waals surface area contributed by atoms with Gasteiger partial charge in [0.1, 0.15) is 0 Å². The molecule has 3 rings (SSSR count). The zero-order chi connectivity index (χ0) is 17.5. The first kappa shape index (κ1) is 17.6. The minimum Gasteiger partial charge on any atom is -0.400 e. The van der Waals surface area contributed by atoms with Gasteiger partial charge in [-0.05, 0) is 43.9 Å². The molecule has 1 fully saturated rings. The average Bonchev–Trinajstić information content (AvgIpc) is 2.51. The van der Waals surface area contributed by atoms with Crippen molar-refractivity contribution in [2.24, 2.45) is 5.73 Å². The number of hydrogen-bond donors (Lipinski definition) is 3. The van der Waals surface area contributed by atoms with E-state index in [0.29, 0.717) is 16.3 Å². The lowest BCUT2D eigenvalue weighted by Crippen LogP contribution is -2.54. The molecular formula is C17H24ClN3O2S. The molecule has 132 valence electrons. The third kappa shape index (κ3) is 3.03. The third-order valence-corrected chi connectivity index (χ3v) is 7.17. The molecule has 2 aliphatic rings. The number of benzene rings is 1. The maximum atomic E-state index is 12.5. The molecule has 3 atom stereocenters. The molecule has 2 heterocycles. The maximum Gasteiger partial charge on any atom is 0.178 e. The van der Waals surface area contributed by atoms with Crippen molar-refractivity contribution in [2.75, 3.05) is 12.8 Å². The van der Waals surface area contributed by atoms with E-state index in [-0.39, 0.29) is 23.3 Å². The van der Waals surface area contributed by atoms with E-state index in [0.717, 1.165) is 24.1 Å². The number of nitrogens with two attached hydrogens (primary N) is 1. The average molecular weight is 370 g/mol. The second-order valence-corrected chi connectivity index (χ2v) is 9.47. The Kier molecular flexibility index (Phi) is 4.57. The SMILES string of the molecule is CN/C=C(\N)[C@@H]1CC2(CCS(=O)(=O)c3cc(Cl)ccc32)C[C@H](C)N1. The van der Waals surface area contributed by atoms with Gasteiger partial charge in [0, 0.05) is 41.5 Å². The van der Waals surface area contributed by atoms with E-state index in [2.05, 4.69) is 17.6 Å². The van der Waals surface area contributed by atoms with Crippen LogP contribution in [0.25, 0.3) is 0 Å². The molecule has 1 spiro atoms. The van der Waals surface area contributed by atoms with Crippen LogP contribution in [0.3, 0.4) is 0 Å². The van der Waals surface area contributed by atoms with Gasteiger partial charge in [-0.25, -0.2) is 8.42 Å². The van der Waals surface area contributed by atoms with Gasteiger partial charge in [-0.1, -0.05) is 17.7 Å². The monoisotopic (exact) mass is 369 g/mol. The summed E-state index contributed by atoms with van der Waals surface area (Å²) in [7, 11) is -1.45. The summed E-state index contributed by atoms with van der Waals surface area (Å²) >= 11 is 6.07.